The molecular weight excluding hydrogens is 428 g/mol. The molecule has 33 heavy (non-hydrogen) atoms. The SMILES string of the molecule is Cn1ccnc1CNC(=O)c1cnc(C#N)c(-c2cc(F)cc(F)c2)c1N1CC[C@](C)(N)C1. The Kier molecular flexibility index (Phi) is 5.82. The molecule has 170 valence electrons. The van der Waals surface area contributed by atoms with Gasteiger partial charge in [0.05, 0.1) is 17.8 Å². The van der Waals surface area contributed by atoms with Gasteiger partial charge in [0, 0.05) is 55.9 Å². The third kappa shape index (κ3) is 4.54. The van der Waals surface area contributed by atoms with E-state index in [-0.39, 0.29) is 28.9 Å². The van der Waals surface area contributed by atoms with Crippen molar-refractivity contribution in [2.24, 2.45) is 12.8 Å². The van der Waals surface area contributed by atoms with E-state index in [4.69, 9.17) is 5.73 Å². The zero-order chi connectivity index (χ0) is 23.8. The summed E-state index contributed by atoms with van der Waals surface area (Å²) in [5, 5.41) is 12.5. The third-order valence-electron chi connectivity index (χ3n) is 5.70. The summed E-state index contributed by atoms with van der Waals surface area (Å²) in [6.45, 7) is 2.96. The summed E-state index contributed by atoms with van der Waals surface area (Å²) in [5.41, 5.74) is 6.63. The van der Waals surface area contributed by atoms with E-state index in [2.05, 4.69) is 15.3 Å². The summed E-state index contributed by atoms with van der Waals surface area (Å²) >= 11 is 0. The summed E-state index contributed by atoms with van der Waals surface area (Å²) in [5.74, 6) is -1.40. The lowest BCUT2D eigenvalue weighted by Crippen LogP contribution is -2.39. The molecule has 0 aliphatic carbocycles. The molecule has 3 N–H and O–H groups in total. The van der Waals surface area contributed by atoms with E-state index in [1.165, 1.54) is 6.20 Å². The number of nitrogens with two attached hydrogens (primary N) is 1. The van der Waals surface area contributed by atoms with E-state index >= 15 is 0 Å². The highest BCUT2D eigenvalue weighted by atomic mass is 19.1. The van der Waals surface area contributed by atoms with Crippen molar-refractivity contribution in [1.29, 1.82) is 5.26 Å². The normalized spacial score (nSPS) is 17.8. The van der Waals surface area contributed by atoms with Gasteiger partial charge in [-0.1, -0.05) is 0 Å². The van der Waals surface area contributed by atoms with Crippen LogP contribution in [0.15, 0.2) is 36.8 Å². The Morgan fingerprint density at radius 3 is 2.61 bits per heavy atom. The average Bonchev–Trinajstić information content (AvgIpc) is 3.34. The van der Waals surface area contributed by atoms with Gasteiger partial charge >= 0.3 is 0 Å². The number of hydrogen-bond acceptors (Lipinski definition) is 6. The molecule has 1 saturated heterocycles. The molecule has 1 aliphatic heterocycles. The fourth-order valence-electron chi connectivity index (χ4n) is 4.05. The Balaban J connectivity index is 1.85. The number of pyridine rings is 1. The first-order valence-corrected chi connectivity index (χ1v) is 10.4. The van der Waals surface area contributed by atoms with Crippen LogP contribution in [0.4, 0.5) is 14.5 Å². The maximum absolute atomic E-state index is 14.1. The lowest BCUT2D eigenvalue weighted by atomic mass is 9.97. The minimum absolute atomic E-state index is 0.0405. The van der Waals surface area contributed by atoms with Gasteiger partial charge in [-0.3, -0.25) is 4.79 Å². The smallest absolute Gasteiger partial charge is 0.255 e. The molecule has 0 bridgehead atoms. The van der Waals surface area contributed by atoms with Crippen LogP contribution in [0, 0.1) is 23.0 Å². The highest BCUT2D eigenvalue weighted by Crippen LogP contribution is 2.39. The number of halogens is 2. The van der Waals surface area contributed by atoms with Gasteiger partial charge in [-0.25, -0.2) is 18.7 Å². The zero-order valence-corrected chi connectivity index (χ0v) is 18.3. The van der Waals surface area contributed by atoms with Crippen LogP contribution in [0.1, 0.15) is 35.2 Å². The van der Waals surface area contributed by atoms with Crippen LogP contribution in [-0.2, 0) is 13.6 Å². The molecule has 1 aromatic carbocycles. The van der Waals surface area contributed by atoms with Gasteiger partial charge in [0.1, 0.15) is 29.2 Å². The van der Waals surface area contributed by atoms with Gasteiger partial charge in [0.25, 0.3) is 5.91 Å². The maximum Gasteiger partial charge on any atom is 0.255 e. The van der Waals surface area contributed by atoms with Crippen molar-refractivity contribution >= 4 is 11.6 Å². The number of aromatic nitrogens is 3. The lowest BCUT2D eigenvalue weighted by molar-refractivity contribution is 0.0949. The van der Waals surface area contributed by atoms with Crippen molar-refractivity contribution in [3.8, 4) is 17.2 Å². The number of nitriles is 1. The first-order chi connectivity index (χ1) is 15.7. The first-order valence-electron chi connectivity index (χ1n) is 10.4. The number of rotatable bonds is 5. The molecule has 0 saturated carbocycles. The van der Waals surface area contributed by atoms with Crippen LogP contribution < -0.4 is 16.0 Å². The van der Waals surface area contributed by atoms with Gasteiger partial charge in [0.2, 0.25) is 0 Å². The summed E-state index contributed by atoms with van der Waals surface area (Å²) in [4.78, 5) is 23.4. The van der Waals surface area contributed by atoms with Crippen LogP contribution >= 0.6 is 0 Å². The molecule has 2 aromatic heterocycles. The average molecular weight is 451 g/mol. The third-order valence-corrected chi connectivity index (χ3v) is 5.70. The monoisotopic (exact) mass is 451 g/mol. The number of aryl methyl sites for hydroxylation is 1. The molecule has 3 aromatic rings. The van der Waals surface area contributed by atoms with Crippen LogP contribution in [0.25, 0.3) is 11.1 Å². The Morgan fingerprint density at radius 2 is 2.03 bits per heavy atom. The van der Waals surface area contributed by atoms with Crippen LogP contribution in [0.3, 0.4) is 0 Å². The van der Waals surface area contributed by atoms with Crippen molar-refractivity contribution in [3.05, 3.63) is 65.5 Å². The zero-order valence-electron chi connectivity index (χ0n) is 18.3. The van der Waals surface area contributed by atoms with Crippen molar-refractivity contribution in [2.45, 2.75) is 25.4 Å². The molecule has 1 aliphatic rings. The Labute approximate surface area is 189 Å². The summed E-state index contributed by atoms with van der Waals surface area (Å²) < 4.78 is 30.0. The number of carbonyl (C=O) groups is 1. The standard InChI is InChI=1S/C23H23F2N7O/c1-23(27)3-5-32(13-23)21-17(22(33)30-12-19-28-4-6-31(19)2)11-29-18(10-26)20(21)14-7-15(24)9-16(25)8-14/h4,6-9,11H,3,5,12-13,27H2,1-2H3,(H,30,33)/t23-/m0/s1. The van der Waals surface area contributed by atoms with Gasteiger partial charge in [-0.05, 0) is 31.0 Å². The molecule has 0 radical (unpaired) electrons. The molecule has 1 atom stereocenters. The Hall–Kier alpha value is -3.84. The largest absolute Gasteiger partial charge is 0.368 e. The number of amides is 1. The topological polar surface area (TPSA) is 113 Å². The quantitative estimate of drug-likeness (QED) is 0.616. The molecular formula is C23H23F2N7O. The number of carbonyl (C=O) groups excluding carboxylic acids is 1. The molecule has 4 rings (SSSR count). The van der Waals surface area contributed by atoms with Gasteiger partial charge in [-0.15, -0.1) is 0 Å². The molecule has 0 unspecified atom stereocenters. The van der Waals surface area contributed by atoms with Crippen LogP contribution in [0.2, 0.25) is 0 Å². The van der Waals surface area contributed by atoms with Gasteiger partial charge in [0.15, 0.2) is 0 Å². The van der Waals surface area contributed by atoms with E-state index < -0.39 is 23.1 Å². The van der Waals surface area contributed by atoms with Crippen molar-refractivity contribution in [3.63, 3.8) is 0 Å². The number of nitrogens with zero attached hydrogens (tertiary/aromatic N) is 5. The van der Waals surface area contributed by atoms with E-state index in [1.54, 1.807) is 17.0 Å². The number of nitrogens with one attached hydrogen (secondary N) is 1. The highest BCUT2D eigenvalue weighted by Gasteiger charge is 2.34. The van der Waals surface area contributed by atoms with Crippen LogP contribution in [-0.4, -0.2) is 39.1 Å². The van der Waals surface area contributed by atoms with E-state index in [1.807, 2.05) is 24.9 Å². The molecule has 0 spiro atoms. The fraction of sp³-hybridized carbons (Fsp3) is 0.304. The minimum atomic E-state index is -0.797. The second kappa shape index (κ2) is 8.60. The van der Waals surface area contributed by atoms with Crippen molar-refractivity contribution < 1.29 is 13.6 Å². The molecule has 3 heterocycles. The van der Waals surface area contributed by atoms with E-state index in [9.17, 15) is 18.8 Å². The predicted molar refractivity (Wildman–Crippen MR) is 118 cm³/mol. The Bertz CT molecular complexity index is 1240. The second-order valence-corrected chi connectivity index (χ2v) is 8.48. The Morgan fingerprint density at radius 1 is 1.30 bits per heavy atom. The predicted octanol–water partition coefficient (Wildman–Crippen LogP) is 2.49. The van der Waals surface area contributed by atoms with Crippen molar-refractivity contribution in [2.75, 3.05) is 18.0 Å². The maximum atomic E-state index is 14.1. The minimum Gasteiger partial charge on any atom is -0.368 e. The molecule has 1 amide bonds. The van der Waals surface area contributed by atoms with Crippen molar-refractivity contribution in [1.82, 2.24) is 19.9 Å². The first kappa shape index (κ1) is 22.4. The summed E-state index contributed by atoms with van der Waals surface area (Å²) in [6, 6.07) is 4.98. The number of benzene rings is 1. The van der Waals surface area contributed by atoms with Gasteiger partial charge < -0.3 is 20.5 Å². The highest BCUT2D eigenvalue weighted by molar-refractivity contribution is 6.04. The second-order valence-electron chi connectivity index (χ2n) is 8.48. The lowest BCUT2D eigenvalue weighted by Gasteiger charge is -2.27. The number of hydrogen-bond donors (Lipinski definition) is 2. The van der Waals surface area contributed by atoms with E-state index in [0.29, 0.717) is 31.0 Å². The van der Waals surface area contributed by atoms with Crippen LogP contribution in [0.5, 0.6) is 0 Å². The van der Waals surface area contributed by atoms with Gasteiger partial charge in [-0.2, -0.15) is 5.26 Å². The van der Waals surface area contributed by atoms with E-state index in [0.717, 1.165) is 18.2 Å². The summed E-state index contributed by atoms with van der Waals surface area (Å²) in [7, 11) is 1.81. The number of imidazole rings is 1. The summed E-state index contributed by atoms with van der Waals surface area (Å²) in [6.07, 6.45) is 5.34. The molecule has 1 fully saturated rings. The molecule has 8 nitrogen and oxygen atoms in total. The fourth-order valence-corrected chi connectivity index (χ4v) is 4.05. The molecule has 10 heteroatoms. The number of anilines is 1.